The second kappa shape index (κ2) is 4.26. The quantitative estimate of drug-likeness (QED) is 0.804. The van der Waals surface area contributed by atoms with Crippen LogP contribution >= 0.6 is 0 Å². The molecule has 0 saturated carbocycles. The summed E-state index contributed by atoms with van der Waals surface area (Å²) in [7, 11) is 0. The molecule has 0 spiro atoms. The van der Waals surface area contributed by atoms with Gasteiger partial charge in [-0.1, -0.05) is 6.07 Å². The van der Waals surface area contributed by atoms with Crippen LogP contribution in [0.1, 0.15) is 12.5 Å². The van der Waals surface area contributed by atoms with Crippen molar-refractivity contribution in [2.24, 2.45) is 0 Å². The molecular formula is C12H15N3O. The molecule has 1 aromatic carbocycles. The Bertz CT molecular complexity index is 491. The second-order valence-corrected chi connectivity index (χ2v) is 3.64. The molecular weight excluding hydrogens is 202 g/mol. The van der Waals surface area contributed by atoms with Gasteiger partial charge >= 0.3 is 6.01 Å². The van der Waals surface area contributed by atoms with E-state index in [0.717, 1.165) is 12.1 Å². The van der Waals surface area contributed by atoms with E-state index in [1.54, 1.807) is 6.20 Å². The number of nitrogens with two attached hydrogens (primary N) is 1. The normalized spacial score (nSPS) is 10.4. The number of hydrogen-bond acceptors (Lipinski definition) is 3. The molecule has 4 heteroatoms. The zero-order valence-electron chi connectivity index (χ0n) is 9.47. The highest BCUT2D eigenvalue weighted by molar-refractivity contribution is 5.54. The fourth-order valence-electron chi connectivity index (χ4n) is 1.47. The number of aryl methyl sites for hydroxylation is 2. The van der Waals surface area contributed by atoms with Crippen molar-refractivity contribution in [3.8, 4) is 11.8 Å². The molecule has 0 atom stereocenters. The van der Waals surface area contributed by atoms with Crippen molar-refractivity contribution in [3.63, 3.8) is 0 Å². The Morgan fingerprint density at radius 2 is 2.25 bits per heavy atom. The summed E-state index contributed by atoms with van der Waals surface area (Å²) in [6.45, 7) is 4.85. The van der Waals surface area contributed by atoms with Crippen molar-refractivity contribution in [2.45, 2.75) is 20.4 Å². The fourth-order valence-corrected chi connectivity index (χ4v) is 1.47. The second-order valence-electron chi connectivity index (χ2n) is 3.64. The number of anilines is 1. The van der Waals surface area contributed by atoms with Crippen LogP contribution in [0.4, 0.5) is 5.69 Å². The summed E-state index contributed by atoms with van der Waals surface area (Å²) in [5.41, 5.74) is 7.57. The number of benzene rings is 1. The van der Waals surface area contributed by atoms with Gasteiger partial charge in [-0.25, -0.2) is 4.98 Å². The van der Waals surface area contributed by atoms with Gasteiger partial charge in [0.1, 0.15) is 0 Å². The molecule has 0 aliphatic carbocycles. The first-order valence-corrected chi connectivity index (χ1v) is 5.26. The van der Waals surface area contributed by atoms with Crippen molar-refractivity contribution in [3.05, 3.63) is 36.2 Å². The van der Waals surface area contributed by atoms with Crippen LogP contribution in [0.2, 0.25) is 0 Å². The van der Waals surface area contributed by atoms with E-state index in [0.29, 0.717) is 17.4 Å². The van der Waals surface area contributed by atoms with Crippen LogP contribution in [0.3, 0.4) is 0 Å². The molecule has 0 bridgehead atoms. The SMILES string of the molecule is CCn1ccnc1Oc1cc(C)ccc1N. The number of hydrogen-bond donors (Lipinski definition) is 1. The minimum atomic E-state index is 0.569. The highest BCUT2D eigenvalue weighted by Crippen LogP contribution is 2.27. The number of imidazole rings is 1. The van der Waals surface area contributed by atoms with Crippen LogP contribution < -0.4 is 10.5 Å². The van der Waals surface area contributed by atoms with E-state index < -0.39 is 0 Å². The van der Waals surface area contributed by atoms with Gasteiger partial charge in [-0.2, -0.15) is 0 Å². The van der Waals surface area contributed by atoms with Gasteiger partial charge < -0.3 is 15.0 Å². The van der Waals surface area contributed by atoms with E-state index in [-0.39, 0.29) is 0 Å². The van der Waals surface area contributed by atoms with Crippen molar-refractivity contribution in [1.82, 2.24) is 9.55 Å². The summed E-state index contributed by atoms with van der Waals surface area (Å²) in [5.74, 6) is 0.654. The van der Waals surface area contributed by atoms with Crippen LogP contribution in [0, 0.1) is 6.92 Å². The Labute approximate surface area is 94.7 Å². The lowest BCUT2D eigenvalue weighted by Crippen LogP contribution is -1.99. The first kappa shape index (κ1) is 10.5. The van der Waals surface area contributed by atoms with Gasteiger partial charge in [-0.15, -0.1) is 0 Å². The lowest BCUT2D eigenvalue weighted by molar-refractivity contribution is 0.417. The number of nitrogens with zero attached hydrogens (tertiary/aromatic N) is 2. The third-order valence-corrected chi connectivity index (χ3v) is 2.39. The zero-order chi connectivity index (χ0) is 11.5. The van der Waals surface area contributed by atoms with Gasteiger partial charge in [0.25, 0.3) is 0 Å². The maximum atomic E-state index is 5.84. The summed E-state index contributed by atoms with van der Waals surface area (Å²) in [6.07, 6.45) is 3.59. The largest absolute Gasteiger partial charge is 0.423 e. The number of ether oxygens (including phenoxy) is 1. The molecule has 0 aliphatic heterocycles. The van der Waals surface area contributed by atoms with E-state index in [1.807, 2.05) is 42.8 Å². The Morgan fingerprint density at radius 1 is 1.44 bits per heavy atom. The maximum Gasteiger partial charge on any atom is 0.301 e. The molecule has 0 aliphatic rings. The standard InChI is InChI=1S/C12H15N3O/c1-3-15-7-6-14-12(15)16-11-8-9(2)4-5-10(11)13/h4-8H,3,13H2,1-2H3. The van der Waals surface area contributed by atoms with Crippen LogP contribution in [0.25, 0.3) is 0 Å². The summed E-state index contributed by atoms with van der Waals surface area (Å²) in [5, 5.41) is 0. The van der Waals surface area contributed by atoms with Gasteiger partial charge in [0.2, 0.25) is 0 Å². The van der Waals surface area contributed by atoms with Crippen molar-refractivity contribution in [2.75, 3.05) is 5.73 Å². The molecule has 1 heterocycles. The summed E-state index contributed by atoms with van der Waals surface area (Å²) < 4.78 is 7.60. The Hall–Kier alpha value is -1.97. The molecule has 2 rings (SSSR count). The van der Waals surface area contributed by atoms with E-state index in [2.05, 4.69) is 4.98 Å². The third-order valence-electron chi connectivity index (χ3n) is 2.39. The number of aromatic nitrogens is 2. The van der Waals surface area contributed by atoms with Gasteiger partial charge in [-0.3, -0.25) is 0 Å². The summed E-state index contributed by atoms with van der Waals surface area (Å²) in [4.78, 5) is 4.14. The van der Waals surface area contributed by atoms with Gasteiger partial charge in [0.15, 0.2) is 5.75 Å². The molecule has 4 nitrogen and oxygen atoms in total. The van der Waals surface area contributed by atoms with Crippen LogP contribution in [-0.4, -0.2) is 9.55 Å². The number of nitrogen functional groups attached to an aromatic ring is 1. The topological polar surface area (TPSA) is 53.1 Å². The van der Waals surface area contributed by atoms with E-state index in [4.69, 9.17) is 10.5 Å². The molecule has 0 saturated heterocycles. The molecule has 0 radical (unpaired) electrons. The first-order chi connectivity index (χ1) is 7.70. The van der Waals surface area contributed by atoms with Crippen molar-refractivity contribution in [1.29, 1.82) is 0 Å². The predicted molar refractivity (Wildman–Crippen MR) is 63.6 cm³/mol. The van der Waals surface area contributed by atoms with Crippen LogP contribution in [-0.2, 0) is 6.54 Å². The maximum absolute atomic E-state index is 5.84. The monoisotopic (exact) mass is 217 g/mol. The average Bonchev–Trinajstić information content (AvgIpc) is 2.71. The lowest BCUT2D eigenvalue weighted by atomic mass is 10.2. The Morgan fingerprint density at radius 3 is 3.00 bits per heavy atom. The van der Waals surface area contributed by atoms with Crippen molar-refractivity contribution >= 4 is 5.69 Å². The zero-order valence-corrected chi connectivity index (χ0v) is 9.47. The van der Waals surface area contributed by atoms with Gasteiger partial charge in [-0.05, 0) is 31.5 Å². The first-order valence-electron chi connectivity index (χ1n) is 5.26. The summed E-state index contributed by atoms with van der Waals surface area (Å²) >= 11 is 0. The van der Waals surface area contributed by atoms with Gasteiger partial charge in [0.05, 0.1) is 5.69 Å². The average molecular weight is 217 g/mol. The Balaban J connectivity index is 2.30. The predicted octanol–water partition coefficient (Wildman–Crippen LogP) is 2.59. The third kappa shape index (κ3) is 2.00. The summed E-state index contributed by atoms with van der Waals surface area (Å²) in [6, 6.07) is 6.27. The number of rotatable bonds is 3. The fraction of sp³-hybridized carbons (Fsp3) is 0.250. The molecule has 16 heavy (non-hydrogen) atoms. The van der Waals surface area contributed by atoms with Crippen LogP contribution in [0.5, 0.6) is 11.8 Å². The molecule has 84 valence electrons. The molecule has 2 aromatic rings. The molecule has 1 aromatic heterocycles. The molecule has 2 N–H and O–H groups in total. The Kier molecular flexibility index (Phi) is 2.81. The van der Waals surface area contributed by atoms with E-state index >= 15 is 0 Å². The molecule has 0 unspecified atom stereocenters. The van der Waals surface area contributed by atoms with Crippen LogP contribution in [0.15, 0.2) is 30.6 Å². The minimum Gasteiger partial charge on any atom is -0.423 e. The molecule has 0 fully saturated rings. The highest BCUT2D eigenvalue weighted by atomic mass is 16.5. The van der Waals surface area contributed by atoms with E-state index in [1.165, 1.54) is 0 Å². The highest BCUT2D eigenvalue weighted by Gasteiger charge is 2.06. The lowest BCUT2D eigenvalue weighted by Gasteiger charge is -2.09. The van der Waals surface area contributed by atoms with Crippen molar-refractivity contribution < 1.29 is 4.74 Å². The molecule has 0 amide bonds. The van der Waals surface area contributed by atoms with Gasteiger partial charge in [0, 0.05) is 18.9 Å². The minimum absolute atomic E-state index is 0.569. The van der Waals surface area contributed by atoms with E-state index in [9.17, 15) is 0 Å². The smallest absolute Gasteiger partial charge is 0.301 e.